The lowest BCUT2D eigenvalue weighted by molar-refractivity contribution is 0.0153. The summed E-state index contributed by atoms with van der Waals surface area (Å²) >= 11 is 12.2. The van der Waals surface area contributed by atoms with Crippen molar-refractivity contribution in [3.8, 4) is 5.75 Å². The summed E-state index contributed by atoms with van der Waals surface area (Å²) < 4.78 is 12.0. The van der Waals surface area contributed by atoms with E-state index in [-0.39, 0.29) is 12.0 Å². The highest BCUT2D eigenvalue weighted by Crippen LogP contribution is 2.32. The van der Waals surface area contributed by atoms with Crippen LogP contribution < -0.4 is 10.1 Å². The topological polar surface area (TPSA) is 30.5 Å². The van der Waals surface area contributed by atoms with Gasteiger partial charge in [-0.3, -0.25) is 0 Å². The summed E-state index contributed by atoms with van der Waals surface area (Å²) in [5, 5.41) is 4.50. The van der Waals surface area contributed by atoms with E-state index >= 15 is 0 Å². The lowest BCUT2D eigenvalue weighted by Gasteiger charge is -2.25. The Labute approximate surface area is 146 Å². The van der Waals surface area contributed by atoms with Crippen molar-refractivity contribution in [2.45, 2.75) is 6.10 Å². The fraction of sp³-hybridized carbons (Fsp3) is 0.333. The largest absolute Gasteiger partial charge is 0.493 e. The second kappa shape index (κ2) is 8.02. The van der Waals surface area contributed by atoms with Crippen LogP contribution in [-0.2, 0) is 4.74 Å². The molecule has 0 bridgehead atoms. The Bertz CT molecular complexity index is 636. The second-order valence-electron chi connectivity index (χ2n) is 5.55. The van der Waals surface area contributed by atoms with Crippen molar-refractivity contribution >= 4 is 23.2 Å². The Morgan fingerprint density at radius 1 is 1.09 bits per heavy atom. The summed E-state index contributed by atoms with van der Waals surface area (Å²) in [6.45, 7) is 2.89. The van der Waals surface area contributed by atoms with Crippen LogP contribution in [0.3, 0.4) is 0 Å². The minimum atomic E-state index is -0.0662. The number of rotatable bonds is 4. The maximum atomic E-state index is 6.16. The van der Waals surface area contributed by atoms with Gasteiger partial charge in [0, 0.05) is 19.0 Å². The van der Waals surface area contributed by atoms with Gasteiger partial charge in [-0.05, 0) is 29.8 Å². The zero-order valence-corrected chi connectivity index (χ0v) is 14.2. The first kappa shape index (κ1) is 16.6. The third-order valence-electron chi connectivity index (χ3n) is 3.89. The first-order valence-electron chi connectivity index (χ1n) is 7.69. The zero-order chi connectivity index (χ0) is 16.1. The van der Waals surface area contributed by atoms with Crippen molar-refractivity contribution in [1.82, 2.24) is 5.32 Å². The Morgan fingerprint density at radius 3 is 2.70 bits per heavy atom. The number of benzene rings is 2. The van der Waals surface area contributed by atoms with Crippen LogP contribution in [0.2, 0.25) is 10.0 Å². The molecule has 3 rings (SSSR count). The number of ether oxygens (including phenoxy) is 2. The minimum absolute atomic E-state index is 0.0662. The maximum Gasteiger partial charge on any atom is 0.119 e. The van der Waals surface area contributed by atoms with Crippen LogP contribution in [0.15, 0.2) is 48.5 Å². The van der Waals surface area contributed by atoms with Crippen LogP contribution in [0, 0.1) is 5.92 Å². The molecule has 2 aromatic rings. The number of halogens is 2. The molecule has 3 nitrogen and oxygen atoms in total. The lowest BCUT2D eigenvalue weighted by Crippen LogP contribution is -2.29. The molecule has 0 amide bonds. The van der Waals surface area contributed by atoms with Crippen LogP contribution in [0.4, 0.5) is 0 Å². The molecule has 2 aromatic carbocycles. The SMILES string of the molecule is Clc1ccc(C2OCCNCC2COc2ccccc2)cc1Cl. The highest BCUT2D eigenvalue weighted by molar-refractivity contribution is 6.42. The molecule has 0 saturated carbocycles. The molecular weight excluding hydrogens is 333 g/mol. The van der Waals surface area contributed by atoms with Gasteiger partial charge >= 0.3 is 0 Å². The number of nitrogens with one attached hydrogen (secondary N) is 1. The van der Waals surface area contributed by atoms with E-state index in [0.29, 0.717) is 23.3 Å². The van der Waals surface area contributed by atoms with E-state index < -0.39 is 0 Å². The minimum Gasteiger partial charge on any atom is -0.493 e. The Balaban J connectivity index is 1.75. The maximum absolute atomic E-state index is 6.16. The Kier molecular flexibility index (Phi) is 5.79. The monoisotopic (exact) mass is 351 g/mol. The molecule has 1 aliphatic rings. The van der Waals surface area contributed by atoms with Crippen molar-refractivity contribution < 1.29 is 9.47 Å². The van der Waals surface area contributed by atoms with Crippen LogP contribution in [0.25, 0.3) is 0 Å². The molecular formula is C18H19Cl2NO2. The summed E-state index contributed by atoms with van der Waals surface area (Å²) in [6.07, 6.45) is -0.0662. The fourth-order valence-corrected chi connectivity index (χ4v) is 3.02. The van der Waals surface area contributed by atoms with E-state index in [2.05, 4.69) is 5.32 Å². The van der Waals surface area contributed by atoms with Crippen molar-refractivity contribution in [2.24, 2.45) is 5.92 Å². The number of hydrogen-bond acceptors (Lipinski definition) is 3. The van der Waals surface area contributed by atoms with Crippen molar-refractivity contribution in [3.63, 3.8) is 0 Å². The van der Waals surface area contributed by atoms with Gasteiger partial charge in [0.05, 0.1) is 29.4 Å². The molecule has 0 radical (unpaired) electrons. The zero-order valence-electron chi connectivity index (χ0n) is 12.7. The molecule has 2 unspecified atom stereocenters. The summed E-state index contributed by atoms with van der Waals surface area (Å²) in [5.41, 5.74) is 1.03. The average molecular weight is 352 g/mol. The molecule has 0 spiro atoms. The molecule has 0 aromatic heterocycles. The molecule has 23 heavy (non-hydrogen) atoms. The highest BCUT2D eigenvalue weighted by Gasteiger charge is 2.27. The normalized spacial score (nSPS) is 21.7. The molecule has 1 N–H and O–H groups in total. The molecule has 0 aliphatic carbocycles. The van der Waals surface area contributed by atoms with Gasteiger partial charge in [0.25, 0.3) is 0 Å². The Morgan fingerprint density at radius 2 is 1.91 bits per heavy atom. The van der Waals surface area contributed by atoms with E-state index in [9.17, 15) is 0 Å². The van der Waals surface area contributed by atoms with E-state index in [0.717, 1.165) is 24.4 Å². The van der Waals surface area contributed by atoms with Gasteiger partial charge in [-0.2, -0.15) is 0 Å². The van der Waals surface area contributed by atoms with Gasteiger partial charge in [0.1, 0.15) is 5.75 Å². The number of para-hydroxylation sites is 1. The Hall–Kier alpha value is -1.26. The standard InChI is InChI=1S/C18H19Cl2NO2/c19-16-7-6-13(10-17(16)20)18-14(11-21-8-9-22-18)12-23-15-4-2-1-3-5-15/h1-7,10,14,18,21H,8-9,11-12H2. The van der Waals surface area contributed by atoms with Gasteiger partial charge in [0.15, 0.2) is 0 Å². The first-order valence-corrected chi connectivity index (χ1v) is 8.45. The average Bonchev–Trinajstić information content (AvgIpc) is 2.82. The summed E-state index contributed by atoms with van der Waals surface area (Å²) in [5.74, 6) is 1.06. The molecule has 2 atom stereocenters. The second-order valence-corrected chi connectivity index (χ2v) is 6.37. The predicted molar refractivity (Wildman–Crippen MR) is 93.5 cm³/mol. The van der Waals surface area contributed by atoms with Gasteiger partial charge < -0.3 is 14.8 Å². The van der Waals surface area contributed by atoms with Gasteiger partial charge in [0.2, 0.25) is 0 Å². The van der Waals surface area contributed by atoms with Crippen LogP contribution in [0.1, 0.15) is 11.7 Å². The van der Waals surface area contributed by atoms with Gasteiger partial charge in [-0.15, -0.1) is 0 Å². The van der Waals surface area contributed by atoms with E-state index in [1.807, 2.05) is 48.5 Å². The molecule has 1 heterocycles. The van der Waals surface area contributed by atoms with Gasteiger partial charge in [-0.1, -0.05) is 47.5 Å². The summed E-state index contributed by atoms with van der Waals surface area (Å²) in [4.78, 5) is 0. The summed E-state index contributed by atoms with van der Waals surface area (Å²) in [6, 6.07) is 15.5. The molecule has 5 heteroatoms. The lowest BCUT2D eigenvalue weighted by atomic mass is 9.96. The smallest absolute Gasteiger partial charge is 0.119 e. The van der Waals surface area contributed by atoms with Gasteiger partial charge in [-0.25, -0.2) is 0 Å². The third kappa shape index (κ3) is 4.39. The molecule has 1 aliphatic heterocycles. The summed E-state index contributed by atoms with van der Waals surface area (Å²) in [7, 11) is 0. The molecule has 122 valence electrons. The van der Waals surface area contributed by atoms with E-state index in [1.54, 1.807) is 0 Å². The van der Waals surface area contributed by atoms with Crippen molar-refractivity contribution in [1.29, 1.82) is 0 Å². The van der Waals surface area contributed by atoms with E-state index in [1.165, 1.54) is 0 Å². The third-order valence-corrected chi connectivity index (χ3v) is 4.63. The van der Waals surface area contributed by atoms with E-state index in [4.69, 9.17) is 32.7 Å². The number of hydrogen-bond donors (Lipinski definition) is 1. The quantitative estimate of drug-likeness (QED) is 0.888. The molecule has 1 fully saturated rings. The first-order chi connectivity index (χ1) is 11.2. The predicted octanol–water partition coefficient (Wildman–Crippen LogP) is 4.35. The molecule has 1 saturated heterocycles. The van der Waals surface area contributed by atoms with Crippen LogP contribution >= 0.6 is 23.2 Å². The van der Waals surface area contributed by atoms with Crippen LogP contribution in [-0.4, -0.2) is 26.3 Å². The van der Waals surface area contributed by atoms with Crippen molar-refractivity contribution in [2.75, 3.05) is 26.3 Å². The fourth-order valence-electron chi connectivity index (χ4n) is 2.71. The van der Waals surface area contributed by atoms with Crippen molar-refractivity contribution in [3.05, 3.63) is 64.1 Å². The van der Waals surface area contributed by atoms with Crippen LogP contribution in [0.5, 0.6) is 5.75 Å². The highest BCUT2D eigenvalue weighted by atomic mass is 35.5.